The summed E-state index contributed by atoms with van der Waals surface area (Å²) in [5.74, 6) is -6.82. The normalized spacial score (nSPS) is 43.1. The van der Waals surface area contributed by atoms with Gasteiger partial charge in [-0.1, -0.05) is 86.8 Å². The van der Waals surface area contributed by atoms with E-state index in [1.165, 1.54) is 13.0 Å². The Morgan fingerprint density at radius 2 is 1.26 bits per heavy atom. The zero-order chi connectivity index (χ0) is 52.0. The number of ether oxygens (including phenoxy) is 4. The summed E-state index contributed by atoms with van der Waals surface area (Å²) in [6.45, 7) is 6.78. The Labute approximate surface area is 408 Å². The van der Waals surface area contributed by atoms with Gasteiger partial charge in [0.25, 0.3) is 0 Å². The van der Waals surface area contributed by atoms with E-state index in [0.717, 1.165) is 12.8 Å². The average Bonchev–Trinajstić information content (AvgIpc) is 3.24. The molecule has 3 aliphatic rings. The summed E-state index contributed by atoms with van der Waals surface area (Å²) in [4.78, 5) is 25.1. The van der Waals surface area contributed by atoms with E-state index >= 15 is 0 Å². The second-order valence-electron chi connectivity index (χ2n) is 18.6. The molecule has 0 amide bonds. The van der Waals surface area contributed by atoms with E-state index in [-0.39, 0.29) is 38.0 Å². The third-order valence-electron chi connectivity index (χ3n) is 12.2. The summed E-state index contributed by atoms with van der Waals surface area (Å²) in [6.07, 6.45) is 5.56. The van der Waals surface area contributed by atoms with Crippen LogP contribution >= 0.6 is 0 Å². The molecule has 2 saturated heterocycles. The summed E-state index contributed by atoms with van der Waals surface area (Å²) in [5, 5.41) is 118. The Bertz CT molecular complexity index is 1720. The minimum atomic E-state index is -2.35. The van der Waals surface area contributed by atoms with Crippen molar-refractivity contribution in [3.8, 4) is 0 Å². The largest absolute Gasteiger partial charge is 0.481 e. The van der Waals surface area contributed by atoms with Crippen LogP contribution in [0.3, 0.4) is 0 Å². The number of carboxylic acid groups (broad SMARTS) is 1. The van der Waals surface area contributed by atoms with Crippen molar-refractivity contribution in [3.05, 3.63) is 72.9 Å². The first-order chi connectivity index (χ1) is 32.3. The van der Waals surface area contributed by atoms with Gasteiger partial charge in [-0.15, -0.1) is 0 Å². The third-order valence-corrected chi connectivity index (χ3v) is 12.2. The standard InChI is InChI=1S/C47H75NO17.C2H6OS/c1-27-17-15-13-11-9-7-5-6-8-10-12-14-16-18-34(64-46-44(58)41(48)43(57)30(4)63-46)24-38-40(45(59)60)37(54)26-47(61,65-38)25-36(53)35(52)20-19-31(49)21-32(50)22-33(51)23-39(55)62-29(3)28(2)42(27)56;1-4(2)3/h5-6,8,10-18,27-38,40-44,46,49-54,56-58,61H,7,9,19-26,48H2,1-4H3,(H,59,60);1-2H3/b6-5+,10-8+,13-11+,14-12+,17-15+,18-16+;/t27-,28-,29-,30-,31+,32+,33+,34-,35+,36+,37-,38-,40+,41+,42+,43-,44+,46+,47+;/m0./s1. The summed E-state index contributed by atoms with van der Waals surface area (Å²) in [5.41, 5.74) is 6.02. The lowest BCUT2D eigenvalue weighted by atomic mass is 9.82. The van der Waals surface area contributed by atoms with Gasteiger partial charge in [0.2, 0.25) is 0 Å². The first-order valence-corrected chi connectivity index (χ1v) is 25.6. The number of esters is 1. The van der Waals surface area contributed by atoms with Crippen molar-refractivity contribution in [2.45, 2.75) is 189 Å². The number of nitrogens with two attached hydrogens (primary N) is 1. The Hall–Kier alpha value is -3.03. The van der Waals surface area contributed by atoms with Gasteiger partial charge in [0.05, 0.1) is 79.6 Å². The molecule has 0 aromatic rings. The van der Waals surface area contributed by atoms with Crippen LogP contribution in [0.25, 0.3) is 0 Å². The number of hydrogen-bond donors (Lipinski definition) is 12. The van der Waals surface area contributed by atoms with Gasteiger partial charge in [-0.2, -0.15) is 0 Å². The molecule has 20 heteroatoms. The number of carbonyl (C=O) groups is 2. The zero-order valence-corrected chi connectivity index (χ0v) is 41.5. The maximum Gasteiger partial charge on any atom is 0.311 e. The lowest BCUT2D eigenvalue weighted by molar-refractivity contribution is -0.310. The molecule has 3 heterocycles. The van der Waals surface area contributed by atoms with Gasteiger partial charge in [0.15, 0.2) is 12.1 Å². The fourth-order valence-corrected chi connectivity index (χ4v) is 8.11. The van der Waals surface area contributed by atoms with Gasteiger partial charge in [-0.05, 0) is 52.4 Å². The number of cyclic esters (lactones) is 1. The number of rotatable bonds is 3. The molecule has 0 spiro atoms. The number of allylic oxidation sites excluding steroid dienone is 10. The van der Waals surface area contributed by atoms with Gasteiger partial charge in [0.1, 0.15) is 18.1 Å². The molecule has 0 radical (unpaired) electrons. The molecule has 2 bridgehead atoms. The van der Waals surface area contributed by atoms with Crippen molar-refractivity contribution in [3.63, 3.8) is 0 Å². The van der Waals surface area contributed by atoms with Crippen LogP contribution < -0.4 is 5.73 Å². The van der Waals surface area contributed by atoms with Crippen molar-refractivity contribution in [1.29, 1.82) is 0 Å². The molecule has 0 saturated carbocycles. The first kappa shape index (κ1) is 62.1. The highest BCUT2D eigenvalue weighted by molar-refractivity contribution is 7.83. The molecule has 0 aromatic carbocycles. The predicted molar refractivity (Wildman–Crippen MR) is 257 cm³/mol. The number of aliphatic hydroxyl groups is 10. The van der Waals surface area contributed by atoms with Crippen molar-refractivity contribution in [1.82, 2.24) is 0 Å². The van der Waals surface area contributed by atoms with Crippen LogP contribution in [-0.4, -0.2) is 182 Å². The average molecular weight is 1000 g/mol. The Morgan fingerprint density at radius 3 is 1.88 bits per heavy atom. The molecule has 19 atom stereocenters. The van der Waals surface area contributed by atoms with Crippen molar-refractivity contribution >= 4 is 22.7 Å². The third kappa shape index (κ3) is 22.9. The zero-order valence-electron chi connectivity index (χ0n) is 40.7. The molecule has 3 aliphatic heterocycles. The van der Waals surface area contributed by atoms with Crippen molar-refractivity contribution in [2.24, 2.45) is 23.5 Å². The van der Waals surface area contributed by atoms with Gasteiger partial charge in [-0.3, -0.25) is 13.8 Å². The van der Waals surface area contributed by atoms with E-state index in [1.807, 2.05) is 49.5 Å². The molecule has 396 valence electrons. The summed E-state index contributed by atoms with van der Waals surface area (Å²) < 4.78 is 32.7. The monoisotopic (exact) mass is 1000 g/mol. The van der Waals surface area contributed by atoms with Gasteiger partial charge in [0, 0.05) is 54.4 Å². The van der Waals surface area contributed by atoms with E-state index in [0.29, 0.717) is 0 Å². The summed E-state index contributed by atoms with van der Waals surface area (Å²) >= 11 is 0. The van der Waals surface area contributed by atoms with E-state index in [9.17, 15) is 70.0 Å². The predicted octanol–water partition coefficient (Wildman–Crippen LogP) is 0.930. The van der Waals surface area contributed by atoms with E-state index < -0.39 is 151 Å². The van der Waals surface area contributed by atoms with Crippen LogP contribution in [0.1, 0.15) is 91.9 Å². The summed E-state index contributed by atoms with van der Waals surface area (Å²) in [6, 6.07) is -1.14. The van der Waals surface area contributed by atoms with Crippen LogP contribution in [0, 0.1) is 17.8 Å². The van der Waals surface area contributed by atoms with Gasteiger partial charge >= 0.3 is 11.9 Å². The Balaban J connectivity index is 0.00000392. The van der Waals surface area contributed by atoms with Gasteiger partial charge in [-0.25, -0.2) is 0 Å². The van der Waals surface area contributed by atoms with Crippen LogP contribution in [0.15, 0.2) is 72.9 Å². The highest BCUT2D eigenvalue weighted by Crippen LogP contribution is 2.38. The minimum absolute atomic E-state index is 0.138. The maximum atomic E-state index is 12.6. The summed E-state index contributed by atoms with van der Waals surface area (Å²) in [7, 11) is -0.611. The molecule has 0 aliphatic carbocycles. The Kier molecular flexibility index (Phi) is 28.3. The molecule has 69 heavy (non-hydrogen) atoms. The molecular formula is C49H81NO18S. The lowest BCUT2D eigenvalue weighted by Gasteiger charge is -2.45. The highest BCUT2D eigenvalue weighted by atomic mass is 32.2. The second kappa shape index (κ2) is 31.4. The SMILES string of the molecule is CS(C)=O.C[C@@H]1[C@H](O)[C@@H](C)/C=C/C=C/CC/C=C/C=C/C=C/C=C/[C@H](O[C@H]2O[C@@H](C)[C@H](O)[C@@H](N)[C@H]2O)C[C@@H]2O[C@](O)(C[C@@H](O)[C@H](O)CC[C@@H](O)C[C@@H](O)C[C@@H](O)CC(=O)O[C@H]1C)C[C@H](O)[C@H]2C(=O)O. The van der Waals surface area contributed by atoms with Crippen molar-refractivity contribution < 1.29 is 88.9 Å². The minimum Gasteiger partial charge on any atom is -0.481 e. The first-order valence-electron chi connectivity index (χ1n) is 23.6. The van der Waals surface area contributed by atoms with Crippen LogP contribution in [0.2, 0.25) is 0 Å². The van der Waals surface area contributed by atoms with Crippen LogP contribution in [0.4, 0.5) is 0 Å². The number of fused-ring (bicyclic) bond motifs is 2. The van der Waals surface area contributed by atoms with Crippen LogP contribution in [0.5, 0.6) is 0 Å². The number of carboxylic acids is 1. The van der Waals surface area contributed by atoms with Crippen molar-refractivity contribution in [2.75, 3.05) is 12.5 Å². The fourth-order valence-electron chi connectivity index (χ4n) is 8.11. The van der Waals surface area contributed by atoms with E-state index in [2.05, 4.69) is 0 Å². The number of carbonyl (C=O) groups excluding carboxylic acids is 1. The fraction of sp³-hybridized carbons (Fsp3) is 0.714. The lowest BCUT2D eigenvalue weighted by Crippen LogP contribution is -2.61. The molecule has 2 fully saturated rings. The maximum absolute atomic E-state index is 12.6. The van der Waals surface area contributed by atoms with E-state index in [1.54, 1.807) is 50.7 Å². The Morgan fingerprint density at radius 1 is 0.710 bits per heavy atom. The molecule has 13 N–H and O–H groups in total. The molecule has 3 rings (SSSR count). The highest BCUT2D eigenvalue weighted by Gasteiger charge is 2.51. The van der Waals surface area contributed by atoms with Gasteiger partial charge < -0.3 is 80.9 Å². The number of hydrogen-bond acceptors (Lipinski definition) is 18. The smallest absolute Gasteiger partial charge is 0.311 e. The molecule has 0 aromatic heterocycles. The van der Waals surface area contributed by atoms with Crippen LogP contribution in [-0.2, 0) is 39.3 Å². The molecule has 19 nitrogen and oxygen atoms in total. The topological polar surface area (TPSA) is 337 Å². The number of aliphatic carboxylic acids is 1. The second-order valence-corrected chi connectivity index (χ2v) is 20.1. The molecule has 0 unspecified atom stereocenters. The molecular weight excluding hydrogens is 923 g/mol. The quantitative estimate of drug-likeness (QED) is 0.175. The number of aliphatic hydroxyl groups excluding tert-OH is 9. The van der Waals surface area contributed by atoms with E-state index in [4.69, 9.17) is 24.7 Å².